The van der Waals surface area contributed by atoms with Gasteiger partial charge in [0.1, 0.15) is 10.2 Å². The summed E-state index contributed by atoms with van der Waals surface area (Å²) in [5.74, 6) is 0.249. The number of benzene rings is 1. The quantitative estimate of drug-likeness (QED) is 0.627. The predicted octanol–water partition coefficient (Wildman–Crippen LogP) is 3.42. The van der Waals surface area contributed by atoms with E-state index in [0.717, 1.165) is 10.0 Å². The van der Waals surface area contributed by atoms with E-state index in [-0.39, 0.29) is 18.1 Å². The van der Waals surface area contributed by atoms with Gasteiger partial charge in [0, 0.05) is 17.7 Å². The lowest BCUT2D eigenvalue weighted by Crippen LogP contribution is -2.25. The van der Waals surface area contributed by atoms with Crippen molar-refractivity contribution in [2.24, 2.45) is 0 Å². The number of halogens is 1. The van der Waals surface area contributed by atoms with E-state index in [2.05, 4.69) is 16.9 Å². The molecule has 3 nitrogen and oxygen atoms in total. The second-order valence-electron chi connectivity index (χ2n) is 4.25. The van der Waals surface area contributed by atoms with Crippen molar-refractivity contribution < 1.29 is 9.18 Å². The molecule has 0 radical (unpaired) electrons. The molecule has 1 amide bonds. The van der Waals surface area contributed by atoms with Gasteiger partial charge in [-0.1, -0.05) is 36.0 Å². The van der Waals surface area contributed by atoms with E-state index in [4.69, 9.17) is 0 Å². The lowest BCUT2D eigenvalue weighted by atomic mass is 10.2. The zero-order valence-corrected chi connectivity index (χ0v) is 13.0. The second kappa shape index (κ2) is 7.95. The fourth-order valence-corrected chi connectivity index (χ4v) is 3.43. The van der Waals surface area contributed by atoms with Crippen molar-refractivity contribution in [2.45, 2.75) is 16.5 Å². The number of hydrogen-bond donors (Lipinski definition) is 1. The maximum Gasteiger partial charge on any atom is 0.226 e. The van der Waals surface area contributed by atoms with Gasteiger partial charge in [-0.3, -0.25) is 4.79 Å². The molecule has 0 fully saturated rings. The van der Waals surface area contributed by atoms with Crippen LogP contribution in [0.3, 0.4) is 0 Å². The Balaban J connectivity index is 1.87. The molecule has 2 rings (SSSR count). The maximum atomic E-state index is 13.5. The Bertz CT molecular complexity index is 628. The highest BCUT2D eigenvalue weighted by molar-refractivity contribution is 8.00. The fourth-order valence-electron chi connectivity index (χ4n) is 1.60. The van der Waals surface area contributed by atoms with E-state index < -0.39 is 0 Å². The average Bonchev–Trinajstić information content (AvgIpc) is 2.92. The van der Waals surface area contributed by atoms with Crippen LogP contribution >= 0.6 is 23.1 Å². The molecule has 0 aliphatic carbocycles. The minimum atomic E-state index is -0.203. The van der Waals surface area contributed by atoms with Gasteiger partial charge in [-0.2, -0.15) is 0 Å². The number of nitrogens with zero attached hydrogens (tertiary/aromatic N) is 1. The first-order chi connectivity index (χ1) is 10.2. The molecule has 0 atom stereocenters. The van der Waals surface area contributed by atoms with Crippen LogP contribution in [0.2, 0.25) is 0 Å². The first-order valence-corrected chi connectivity index (χ1v) is 8.23. The molecule has 1 aromatic carbocycles. The van der Waals surface area contributed by atoms with Crippen molar-refractivity contribution in [1.29, 1.82) is 0 Å². The maximum absolute atomic E-state index is 13.5. The molecule has 1 heterocycles. The zero-order chi connectivity index (χ0) is 15.1. The second-order valence-corrected chi connectivity index (χ2v) is 6.33. The van der Waals surface area contributed by atoms with Crippen molar-refractivity contribution in [1.82, 2.24) is 10.3 Å². The lowest BCUT2D eigenvalue weighted by Gasteiger charge is -2.00. The van der Waals surface area contributed by atoms with Crippen molar-refractivity contribution in [3.05, 3.63) is 59.4 Å². The Hall–Kier alpha value is -1.66. The van der Waals surface area contributed by atoms with Gasteiger partial charge in [-0.05, 0) is 11.6 Å². The molecule has 6 heteroatoms. The molecule has 0 aliphatic rings. The van der Waals surface area contributed by atoms with E-state index in [0.29, 0.717) is 17.9 Å². The van der Waals surface area contributed by atoms with Crippen LogP contribution in [-0.2, 0) is 17.0 Å². The first-order valence-electron chi connectivity index (χ1n) is 6.37. The van der Waals surface area contributed by atoms with Crippen molar-refractivity contribution in [3.8, 4) is 0 Å². The molecule has 110 valence electrons. The molecular formula is C15H15FN2OS2. The SMILES string of the molecule is C=CCNC(=O)Cc1csc(SCc2ccccc2F)n1. The summed E-state index contributed by atoms with van der Waals surface area (Å²) in [4.78, 5) is 15.9. The monoisotopic (exact) mass is 322 g/mol. The van der Waals surface area contributed by atoms with E-state index in [1.54, 1.807) is 18.2 Å². The fraction of sp³-hybridized carbons (Fsp3) is 0.200. The summed E-state index contributed by atoms with van der Waals surface area (Å²) in [7, 11) is 0. The standard InChI is InChI=1S/C15H15FN2OS2/c1-2-7-17-14(19)8-12-10-21-15(18-12)20-9-11-5-3-4-6-13(11)16/h2-6,10H,1,7-9H2,(H,17,19). The third-order valence-electron chi connectivity index (χ3n) is 2.62. The lowest BCUT2D eigenvalue weighted by molar-refractivity contribution is -0.120. The van der Waals surface area contributed by atoms with Crippen molar-refractivity contribution in [2.75, 3.05) is 6.54 Å². The number of aromatic nitrogens is 1. The molecule has 0 aliphatic heterocycles. The van der Waals surface area contributed by atoms with Crippen molar-refractivity contribution >= 4 is 29.0 Å². The highest BCUT2D eigenvalue weighted by atomic mass is 32.2. The molecule has 0 saturated carbocycles. The molecule has 0 spiro atoms. The summed E-state index contributed by atoms with van der Waals surface area (Å²) in [5, 5.41) is 4.56. The summed E-state index contributed by atoms with van der Waals surface area (Å²) in [6.07, 6.45) is 1.89. The summed E-state index contributed by atoms with van der Waals surface area (Å²) in [6.45, 7) is 4.00. The van der Waals surface area contributed by atoms with Gasteiger partial charge in [0.2, 0.25) is 5.91 Å². The summed E-state index contributed by atoms with van der Waals surface area (Å²) in [5.41, 5.74) is 1.39. The van der Waals surface area contributed by atoms with Gasteiger partial charge in [-0.25, -0.2) is 9.37 Å². The number of nitrogens with one attached hydrogen (secondary N) is 1. The molecule has 2 aromatic rings. The van der Waals surface area contributed by atoms with Gasteiger partial charge < -0.3 is 5.32 Å². The average molecular weight is 322 g/mol. The number of carbonyl (C=O) groups excluding carboxylic acids is 1. The highest BCUT2D eigenvalue weighted by Gasteiger charge is 2.08. The van der Waals surface area contributed by atoms with Gasteiger partial charge in [0.15, 0.2) is 0 Å². The summed E-state index contributed by atoms with van der Waals surface area (Å²) >= 11 is 2.94. The van der Waals surface area contributed by atoms with E-state index in [9.17, 15) is 9.18 Å². The zero-order valence-electron chi connectivity index (χ0n) is 11.3. The topological polar surface area (TPSA) is 42.0 Å². The summed E-state index contributed by atoms with van der Waals surface area (Å²) < 4.78 is 14.3. The normalized spacial score (nSPS) is 10.3. The molecular weight excluding hydrogens is 307 g/mol. The Morgan fingerprint density at radius 1 is 1.48 bits per heavy atom. The van der Waals surface area contributed by atoms with Gasteiger partial charge in [-0.15, -0.1) is 17.9 Å². The first kappa shape index (κ1) is 15.7. The molecule has 0 unspecified atom stereocenters. The van der Waals surface area contributed by atoms with Gasteiger partial charge in [0.05, 0.1) is 12.1 Å². The molecule has 1 aromatic heterocycles. The highest BCUT2D eigenvalue weighted by Crippen LogP contribution is 2.27. The Morgan fingerprint density at radius 2 is 2.29 bits per heavy atom. The van der Waals surface area contributed by atoms with Crippen LogP contribution in [0.25, 0.3) is 0 Å². The number of carbonyl (C=O) groups is 1. The van der Waals surface area contributed by atoms with E-state index in [1.165, 1.54) is 29.2 Å². The minimum absolute atomic E-state index is 0.0779. The number of thioether (sulfide) groups is 1. The van der Waals surface area contributed by atoms with E-state index >= 15 is 0 Å². The smallest absolute Gasteiger partial charge is 0.226 e. The molecule has 21 heavy (non-hydrogen) atoms. The number of hydrogen-bond acceptors (Lipinski definition) is 4. The Labute approximate surface area is 131 Å². The van der Waals surface area contributed by atoms with Crippen LogP contribution in [0, 0.1) is 5.82 Å². The van der Waals surface area contributed by atoms with Crippen LogP contribution in [0.4, 0.5) is 4.39 Å². The third-order valence-corrected chi connectivity index (χ3v) is 4.74. The Kier molecular flexibility index (Phi) is 5.95. The largest absolute Gasteiger partial charge is 0.352 e. The van der Waals surface area contributed by atoms with Gasteiger partial charge in [0.25, 0.3) is 0 Å². The Morgan fingerprint density at radius 3 is 3.05 bits per heavy atom. The number of rotatable bonds is 7. The van der Waals surface area contributed by atoms with E-state index in [1.807, 2.05) is 11.4 Å². The number of thiazole rings is 1. The third kappa shape index (κ3) is 4.99. The molecule has 1 N–H and O–H groups in total. The van der Waals surface area contributed by atoms with Crippen LogP contribution in [0.15, 0.2) is 46.6 Å². The van der Waals surface area contributed by atoms with Crippen LogP contribution in [-0.4, -0.2) is 17.4 Å². The molecule has 0 bridgehead atoms. The predicted molar refractivity (Wildman–Crippen MR) is 85.0 cm³/mol. The minimum Gasteiger partial charge on any atom is -0.352 e. The number of amides is 1. The molecule has 0 saturated heterocycles. The van der Waals surface area contributed by atoms with Crippen LogP contribution < -0.4 is 5.32 Å². The van der Waals surface area contributed by atoms with Crippen LogP contribution in [0.5, 0.6) is 0 Å². The summed E-state index contributed by atoms with van der Waals surface area (Å²) in [6, 6.07) is 6.70. The van der Waals surface area contributed by atoms with Crippen LogP contribution in [0.1, 0.15) is 11.3 Å². The van der Waals surface area contributed by atoms with Crippen molar-refractivity contribution in [3.63, 3.8) is 0 Å². The van der Waals surface area contributed by atoms with Gasteiger partial charge >= 0.3 is 0 Å².